The van der Waals surface area contributed by atoms with Crippen molar-refractivity contribution in [2.75, 3.05) is 10.6 Å². The summed E-state index contributed by atoms with van der Waals surface area (Å²) in [6.45, 7) is 1.66. The van der Waals surface area contributed by atoms with Gasteiger partial charge in [0.2, 0.25) is 5.91 Å². The Kier molecular flexibility index (Phi) is 3.00. The Balaban J connectivity index is 2.57. The highest BCUT2D eigenvalue weighted by Crippen LogP contribution is 2.40. The molecule has 2 rings (SSSR count). The van der Waals surface area contributed by atoms with Gasteiger partial charge in [-0.15, -0.1) is 11.8 Å². The van der Waals surface area contributed by atoms with E-state index >= 15 is 0 Å². The molecule has 0 aromatic heterocycles. The standard InChI is InChI=1S/C11H11N3O3S/c1-5-10(16)14(11(17)9(13)15)7-4-6(12)2-3-8(7)18-5/h2-5H,12H2,1H3,(H2,13,15). The van der Waals surface area contributed by atoms with Gasteiger partial charge in [0.15, 0.2) is 0 Å². The number of nitrogen functional groups attached to an aromatic ring is 1. The molecule has 6 nitrogen and oxygen atoms in total. The number of benzene rings is 1. The lowest BCUT2D eigenvalue weighted by Gasteiger charge is -2.30. The minimum Gasteiger partial charge on any atom is -0.399 e. The number of anilines is 2. The van der Waals surface area contributed by atoms with Crippen molar-refractivity contribution in [2.24, 2.45) is 5.73 Å². The molecule has 0 spiro atoms. The second kappa shape index (κ2) is 4.34. The minimum atomic E-state index is -1.17. The van der Waals surface area contributed by atoms with Gasteiger partial charge in [0, 0.05) is 10.6 Å². The zero-order valence-corrected chi connectivity index (χ0v) is 10.4. The quantitative estimate of drug-likeness (QED) is 0.511. The summed E-state index contributed by atoms with van der Waals surface area (Å²) in [6, 6.07) is 4.85. The van der Waals surface area contributed by atoms with Gasteiger partial charge < -0.3 is 11.5 Å². The molecule has 1 aliphatic rings. The normalized spacial score (nSPS) is 18.4. The minimum absolute atomic E-state index is 0.312. The van der Waals surface area contributed by atoms with Gasteiger partial charge in [0.25, 0.3) is 0 Å². The zero-order valence-electron chi connectivity index (χ0n) is 9.54. The summed E-state index contributed by atoms with van der Waals surface area (Å²) in [6.07, 6.45) is 0. The fourth-order valence-corrected chi connectivity index (χ4v) is 2.67. The molecule has 0 aliphatic carbocycles. The smallest absolute Gasteiger partial charge is 0.322 e. The predicted octanol–water partition coefficient (Wildman–Crippen LogP) is 0.108. The van der Waals surface area contributed by atoms with Crippen LogP contribution in [-0.2, 0) is 14.4 Å². The first-order chi connectivity index (χ1) is 8.41. The maximum absolute atomic E-state index is 12.0. The van der Waals surface area contributed by atoms with E-state index in [1.54, 1.807) is 19.1 Å². The molecule has 1 unspecified atom stereocenters. The summed E-state index contributed by atoms with van der Waals surface area (Å²) >= 11 is 1.31. The number of imide groups is 1. The van der Waals surface area contributed by atoms with Crippen molar-refractivity contribution >= 4 is 40.9 Å². The average Bonchev–Trinajstić information content (AvgIpc) is 2.31. The van der Waals surface area contributed by atoms with Crippen LogP contribution in [0.3, 0.4) is 0 Å². The van der Waals surface area contributed by atoms with Gasteiger partial charge in [0.05, 0.1) is 10.9 Å². The van der Waals surface area contributed by atoms with Crippen LogP contribution in [0.2, 0.25) is 0 Å². The molecule has 1 atom stereocenters. The Labute approximate surface area is 107 Å². The molecule has 94 valence electrons. The Morgan fingerprint density at radius 2 is 2.06 bits per heavy atom. The summed E-state index contributed by atoms with van der Waals surface area (Å²) in [7, 11) is 0. The summed E-state index contributed by atoms with van der Waals surface area (Å²) in [5.74, 6) is -2.68. The predicted molar refractivity (Wildman–Crippen MR) is 67.9 cm³/mol. The van der Waals surface area contributed by atoms with E-state index in [1.165, 1.54) is 17.8 Å². The number of hydrogen-bond acceptors (Lipinski definition) is 5. The molecule has 4 N–H and O–H groups in total. The monoisotopic (exact) mass is 265 g/mol. The van der Waals surface area contributed by atoms with Crippen LogP contribution in [0.1, 0.15) is 6.92 Å². The fraction of sp³-hybridized carbons (Fsp3) is 0.182. The van der Waals surface area contributed by atoms with Crippen LogP contribution in [0.4, 0.5) is 11.4 Å². The molecule has 1 aromatic rings. The Bertz CT molecular complexity index is 558. The van der Waals surface area contributed by atoms with Crippen molar-refractivity contribution in [2.45, 2.75) is 17.1 Å². The summed E-state index contributed by atoms with van der Waals surface area (Å²) in [5.41, 5.74) is 11.3. The highest BCUT2D eigenvalue weighted by Gasteiger charge is 2.36. The molecular weight excluding hydrogens is 254 g/mol. The van der Waals surface area contributed by atoms with E-state index in [4.69, 9.17) is 11.5 Å². The van der Waals surface area contributed by atoms with Crippen LogP contribution < -0.4 is 16.4 Å². The number of rotatable bonds is 0. The van der Waals surface area contributed by atoms with Crippen molar-refractivity contribution in [1.29, 1.82) is 0 Å². The Morgan fingerprint density at radius 3 is 2.67 bits per heavy atom. The van der Waals surface area contributed by atoms with Gasteiger partial charge in [0.1, 0.15) is 0 Å². The number of nitrogens with two attached hydrogens (primary N) is 2. The third-order valence-electron chi connectivity index (χ3n) is 2.51. The van der Waals surface area contributed by atoms with Gasteiger partial charge in [-0.25, -0.2) is 4.90 Å². The third-order valence-corrected chi connectivity index (χ3v) is 3.66. The molecule has 1 aromatic carbocycles. The van der Waals surface area contributed by atoms with E-state index in [-0.39, 0.29) is 0 Å². The van der Waals surface area contributed by atoms with E-state index in [1.807, 2.05) is 0 Å². The van der Waals surface area contributed by atoms with E-state index in [2.05, 4.69) is 0 Å². The van der Waals surface area contributed by atoms with Crippen molar-refractivity contribution in [3.05, 3.63) is 18.2 Å². The molecule has 0 bridgehead atoms. The molecule has 0 radical (unpaired) electrons. The highest BCUT2D eigenvalue weighted by molar-refractivity contribution is 8.01. The summed E-state index contributed by atoms with van der Waals surface area (Å²) < 4.78 is 0. The van der Waals surface area contributed by atoms with Crippen molar-refractivity contribution in [3.63, 3.8) is 0 Å². The molecule has 7 heteroatoms. The van der Waals surface area contributed by atoms with Crippen molar-refractivity contribution < 1.29 is 14.4 Å². The molecule has 0 saturated heterocycles. The van der Waals surface area contributed by atoms with E-state index in [0.29, 0.717) is 16.3 Å². The molecular formula is C11H11N3O3S. The average molecular weight is 265 g/mol. The first kappa shape index (κ1) is 12.4. The largest absolute Gasteiger partial charge is 0.399 e. The van der Waals surface area contributed by atoms with E-state index in [9.17, 15) is 14.4 Å². The lowest BCUT2D eigenvalue weighted by atomic mass is 10.2. The van der Waals surface area contributed by atoms with Gasteiger partial charge in [-0.1, -0.05) is 0 Å². The Hall–Kier alpha value is -2.02. The SMILES string of the molecule is CC1Sc2ccc(N)cc2N(C(=O)C(N)=O)C1=O. The number of hydrogen-bond donors (Lipinski definition) is 2. The number of amides is 3. The molecule has 3 amide bonds. The van der Waals surface area contributed by atoms with Crippen LogP contribution in [0.15, 0.2) is 23.1 Å². The first-order valence-electron chi connectivity index (χ1n) is 5.15. The number of primary amides is 1. The number of fused-ring (bicyclic) bond motifs is 1. The number of nitrogens with zero attached hydrogens (tertiary/aromatic N) is 1. The molecule has 1 aliphatic heterocycles. The maximum atomic E-state index is 12.0. The van der Waals surface area contributed by atoms with Crippen molar-refractivity contribution in [3.8, 4) is 0 Å². The van der Waals surface area contributed by atoms with Crippen LogP contribution >= 0.6 is 11.8 Å². The number of thioether (sulfide) groups is 1. The topological polar surface area (TPSA) is 106 Å². The summed E-state index contributed by atoms with van der Waals surface area (Å²) in [5, 5.41) is -0.454. The molecule has 18 heavy (non-hydrogen) atoms. The lowest BCUT2D eigenvalue weighted by Crippen LogP contribution is -2.49. The second-order valence-corrected chi connectivity index (χ2v) is 5.21. The van der Waals surface area contributed by atoms with E-state index < -0.39 is 23.0 Å². The Morgan fingerprint density at radius 1 is 1.39 bits per heavy atom. The van der Waals surface area contributed by atoms with Gasteiger partial charge in [-0.2, -0.15) is 0 Å². The summed E-state index contributed by atoms with van der Waals surface area (Å²) in [4.78, 5) is 36.2. The zero-order chi connectivity index (χ0) is 13.4. The highest BCUT2D eigenvalue weighted by atomic mass is 32.2. The maximum Gasteiger partial charge on any atom is 0.322 e. The first-order valence-corrected chi connectivity index (χ1v) is 6.03. The van der Waals surface area contributed by atoms with Gasteiger partial charge in [-0.05, 0) is 25.1 Å². The third kappa shape index (κ3) is 1.92. The van der Waals surface area contributed by atoms with Crippen LogP contribution in [-0.4, -0.2) is 23.0 Å². The van der Waals surface area contributed by atoms with E-state index in [0.717, 1.165) is 4.90 Å². The van der Waals surface area contributed by atoms with Crippen molar-refractivity contribution in [1.82, 2.24) is 0 Å². The van der Waals surface area contributed by atoms with Crippen LogP contribution in [0, 0.1) is 0 Å². The fourth-order valence-electron chi connectivity index (χ4n) is 1.67. The number of carbonyl (C=O) groups is 3. The van der Waals surface area contributed by atoms with Gasteiger partial charge in [-0.3, -0.25) is 14.4 Å². The van der Waals surface area contributed by atoms with Crippen LogP contribution in [0.25, 0.3) is 0 Å². The van der Waals surface area contributed by atoms with Gasteiger partial charge >= 0.3 is 11.8 Å². The molecule has 0 saturated carbocycles. The second-order valence-electron chi connectivity index (χ2n) is 3.83. The number of carbonyl (C=O) groups excluding carboxylic acids is 3. The van der Waals surface area contributed by atoms with Crippen LogP contribution in [0.5, 0.6) is 0 Å². The molecule has 1 heterocycles. The molecule has 0 fully saturated rings. The lowest BCUT2D eigenvalue weighted by molar-refractivity contribution is -0.138.